The van der Waals surface area contributed by atoms with Gasteiger partial charge in [0.05, 0.1) is 14.4 Å². The van der Waals surface area contributed by atoms with Crippen LogP contribution in [-0.4, -0.2) is 11.1 Å². The molecule has 0 fully saturated rings. The Morgan fingerprint density at radius 1 is 1.73 bits per heavy atom. The SMILES string of the molecule is O=C(N=C=S)c1ccc(Cl)s1. The second kappa shape index (κ2) is 3.74. The Morgan fingerprint density at radius 3 is 2.91 bits per heavy atom. The van der Waals surface area contributed by atoms with Gasteiger partial charge in [0, 0.05) is 0 Å². The van der Waals surface area contributed by atoms with Crippen LogP contribution in [0.4, 0.5) is 0 Å². The van der Waals surface area contributed by atoms with Crippen molar-refractivity contribution in [2.75, 3.05) is 0 Å². The van der Waals surface area contributed by atoms with Crippen molar-refractivity contribution in [1.29, 1.82) is 0 Å². The summed E-state index contributed by atoms with van der Waals surface area (Å²) in [6, 6.07) is 3.24. The van der Waals surface area contributed by atoms with Crippen molar-refractivity contribution in [3.05, 3.63) is 21.3 Å². The van der Waals surface area contributed by atoms with Gasteiger partial charge in [0.15, 0.2) is 0 Å². The van der Waals surface area contributed by atoms with E-state index in [0.717, 1.165) is 0 Å². The summed E-state index contributed by atoms with van der Waals surface area (Å²) in [5.41, 5.74) is 0. The molecule has 11 heavy (non-hydrogen) atoms. The molecule has 0 atom stereocenters. The molecule has 1 rings (SSSR count). The lowest BCUT2D eigenvalue weighted by atomic mass is 10.4. The molecule has 0 aliphatic rings. The number of halogens is 1. The molecule has 1 aromatic heterocycles. The fraction of sp³-hybridized carbons (Fsp3) is 0. The normalized spacial score (nSPS) is 8.82. The third-order valence-corrected chi connectivity index (χ3v) is 2.24. The molecule has 5 heteroatoms. The van der Waals surface area contributed by atoms with Crippen molar-refractivity contribution in [3.8, 4) is 0 Å². The maximum atomic E-state index is 10.9. The summed E-state index contributed by atoms with van der Waals surface area (Å²) < 4.78 is 0.563. The van der Waals surface area contributed by atoms with E-state index in [2.05, 4.69) is 17.2 Å². The first-order valence-electron chi connectivity index (χ1n) is 2.61. The second-order valence-corrected chi connectivity index (χ2v) is 3.51. The largest absolute Gasteiger partial charge is 0.295 e. The van der Waals surface area contributed by atoms with Crippen molar-refractivity contribution in [1.82, 2.24) is 0 Å². The first-order valence-corrected chi connectivity index (χ1v) is 4.22. The summed E-state index contributed by atoms with van der Waals surface area (Å²) in [6.07, 6.45) is 0. The van der Waals surface area contributed by atoms with E-state index in [1.54, 1.807) is 12.1 Å². The van der Waals surface area contributed by atoms with Crippen molar-refractivity contribution >= 4 is 46.2 Å². The highest BCUT2D eigenvalue weighted by atomic mass is 35.5. The third-order valence-electron chi connectivity index (χ3n) is 0.931. The Morgan fingerprint density at radius 2 is 2.45 bits per heavy atom. The Balaban J connectivity index is 2.93. The van der Waals surface area contributed by atoms with E-state index in [-0.39, 0.29) is 0 Å². The van der Waals surface area contributed by atoms with Crippen LogP contribution in [0.1, 0.15) is 9.67 Å². The summed E-state index contributed by atoms with van der Waals surface area (Å²) in [4.78, 5) is 14.7. The molecule has 0 aliphatic heterocycles. The molecule has 0 bridgehead atoms. The molecule has 0 N–H and O–H groups in total. The lowest BCUT2D eigenvalue weighted by molar-refractivity contribution is 0.101. The van der Waals surface area contributed by atoms with Gasteiger partial charge in [-0.05, 0) is 24.4 Å². The monoisotopic (exact) mass is 203 g/mol. The van der Waals surface area contributed by atoms with Crippen LogP contribution in [0, 0.1) is 0 Å². The van der Waals surface area contributed by atoms with Gasteiger partial charge < -0.3 is 0 Å². The van der Waals surface area contributed by atoms with E-state index >= 15 is 0 Å². The molecular formula is C6H2ClNOS2. The van der Waals surface area contributed by atoms with Crippen LogP contribution in [0.2, 0.25) is 4.34 Å². The lowest BCUT2D eigenvalue weighted by Crippen LogP contribution is -1.87. The molecule has 2 nitrogen and oxygen atoms in total. The average molecular weight is 204 g/mol. The standard InChI is InChI=1S/C6H2ClNOS2/c7-5-2-1-4(11-5)6(9)8-3-10/h1-2H. The topological polar surface area (TPSA) is 29.4 Å². The number of carbonyl (C=O) groups excluding carboxylic acids is 1. The molecule has 1 aromatic rings. The number of amides is 1. The van der Waals surface area contributed by atoms with Gasteiger partial charge >= 0.3 is 0 Å². The van der Waals surface area contributed by atoms with E-state index in [1.807, 2.05) is 5.16 Å². The van der Waals surface area contributed by atoms with Gasteiger partial charge in [0.25, 0.3) is 5.91 Å². The average Bonchev–Trinajstić information content (AvgIpc) is 2.36. The number of thiophene rings is 1. The Bertz CT molecular complexity index is 327. The molecule has 0 aliphatic carbocycles. The van der Waals surface area contributed by atoms with Crippen molar-refractivity contribution in [2.24, 2.45) is 4.99 Å². The van der Waals surface area contributed by atoms with Crippen LogP contribution in [0.3, 0.4) is 0 Å². The number of carbonyl (C=O) groups is 1. The summed E-state index contributed by atoms with van der Waals surface area (Å²) in [7, 11) is 0. The summed E-state index contributed by atoms with van der Waals surface area (Å²) >= 11 is 11.0. The highest BCUT2D eigenvalue weighted by Gasteiger charge is 2.05. The van der Waals surface area contributed by atoms with Crippen LogP contribution in [0.5, 0.6) is 0 Å². The number of isothiocyanates is 1. The van der Waals surface area contributed by atoms with Gasteiger partial charge in [0.1, 0.15) is 0 Å². The number of aliphatic imine (C=N–C) groups is 1. The van der Waals surface area contributed by atoms with E-state index in [4.69, 9.17) is 11.6 Å². The molecule has 0 unspecified atom stereocenters. The minimum Gasteiger partial charge on any atom is -0.265 e. The third kappa shape index (κ3) is 2.20. The first kappa shape index (κ1) is 8.56. The van der Waals surface area contributed by atoms with Crippen LogP contribution < -0.4 is 0 Å². The minimum atomic E-state index is -0.392. The fourth-order valence-electron chi connectivity index (χ4n) is 0.526. The van der Waals surface area contributed by atoms with Crippen molar-refractivity contribution < 1.29 is 4.79 Å². The smallest absolute Gasteiger partial charge is 0.265 e. The number of rotatable bonds is 1. The van der Waals surface area contributed by atoms with Crippen LogP contribution in [-0.2, 0) is 0 Å². The number of hydrogen-bond acceptors (Lipinski definition) is 3. The second-order valence-electron chi connectivity index (χ2n) is 1.61. The van der Waals surface area contributed by atoms with Gasteiger partial charge in [-0.1, -0.05) is 11.6 Å². The zero-order valence-electron chi connectivity index (χ0n) is 5.20. The number of thiocarbonyl (C=S) groups is 1. The molecule has 0 radical (unpaired) electrons. The lowest BCUT2D eigenvalue weighted by Gasteiger charge is -1.81. The van der Waals surface area contributed by atoms with Gasteiger partial charge in [-0.15, -0.1) is 11.3 Å². The zero-order chi connectivity index (χ0) is 8.27. The first-order chi connectivity index (χ1) is 5.24. The van der Waals surface area contributed by atoms with Crippen LogP contribution >= 0.6 is 35.2 Å². The Hall–Kier alpha value is -0.540. The van der Waals surface area contributed by atoms with E-state index in [9.17, 15) is 4.79 Å². The number of hydrogen-bond donors (Lipinski definition) is 0. The van der Waals surface area contributed by atoms with Crippen molar-refractivity contribution in [2.45, 2.75) is 0 Å². The van der Waals surface area contributed by atoms with Gasteiger partial charge in [-0.3, -0.25) is 4.79 Å². The highest BCUT2D eigenvalue weighted by Crippen LogP contribution is 2.21. The molecule has 56 valence electrons. The quantitative estimate of drug-likeness (QED) is 0.519. The summed E-state index contributed by atoms with van der Waals surface area (Å²) in [5, 5.41) is 2.00. The fourth-order valence-corrected chi connectivity index (χ4v) is 1.54. The molecule has 1 amide bonds. The van der Waals surface area contributed by atoms with Crippen molar-refractivity contribution in [3.63, 3.8) is 0 Å². The Labute approximate surface area is 77.5 Å². The maximum absolute atomic E-state index is 10.9. The summed E-state index contributed by atoms with van der Waals surface area (Å²) in [6.45, 7) is 0. The van der Waals surface area contributed by atoms with Crippen LogP contribution in [0.15, 0.2) is 17.1 Å². The molecule has 0 saturated carbocycles. The maximum Gasteiger partial charge on any atom is 0.295 e. The van der Waals surface area contributed by atoms with Gasteiger partial charge in [0.2, 0.25) is 0 Å². The summed E-state index contributed by atoms with van der Waals surface area (Å²) in [5.74, 6) is -0.392. The molecular weight excluding hydrogens is 202 g/mol. The zero-order valence-corrected chi connectivity index (χ0v) is 7.59. The Kier molecular flexibility index (Phi) is 2.91. The minimum absolute atomic E-state index is 0.392. The molecule has 0 aromatic carbocycles. The predicted octanol–water partition coefficient (Wildman–Crippen LogP) is 2.64. The molecule has 0 spiro atoms. The molecule has 1 heterocycles. The van der Waals surface area contributed by atoms with E-state index in [0.29, 0.717) is 9.21 Å². The number of nitrogens with zero attached hydrogens (tertiary/aromatic N) is 1. The van der Waals surface area contributed by atoms with Gasteiger partial charge in [-0.2, -0.15) is 4.99 Å². The van der Waals surface area contributed by atoms with Crippen LogP contribution in [0.25, 0.3) is 0 Å². The van der Waals surface area contributed by atoms with Gasteiger partial charge in [-0.25, -0.2) is 0 Å². The predicted molar refractivity (Wildman–Crippen MR) is 48.7 cm³/mol. The highest BCUT2D eigenvalue weighted by molar-refractivity contribution is 7.78. The van der Waals surface area contributed by atoms with E-state index < -0.39 is 5.91 Å². The van der Waals surface area contributed by atoms with E-state index in [1.165, 1.54) is 11.3 Å². The molecule has 0 saturated heterocycles.